The van der Waals surface area contributed by atoms with Crippen molar-refractivity contribution >= 4 is 42.2 Å². The molecular formula is C13H23IO2SSi. The Hall–Kier alpha value is 0.567. The molecule has 0 saturated heterocycles. The van der Waals surface area contributed by atoms with Gasteiger partial charge in [0, 0.05) is 21.5 Å². The van der Waals surface area contributed by atoms with E-state index >= 15 is 0 Å². The maximum atomic E-state index is 10.1. The maximum absolute atomic E-state index is 10.1. The summed E-state index contributed by atoms with van der Waals surface area (Å²) in [6.07, 6.45) is 0.296. The number of hydrogen-bond donors (Lipinski definition) is 1. The summed E-state index contributed by atoms with van der Waals surface area (Å²) >= 11 is 3.89. The molecule has 1 unspecified atom stereocenters. The van der Waals surface area contributed by atoms with E-state index in [0.29, 0.717) is 13.0 Å². The molecule has 0 amide bonds. The van der Waals surface area contributed by atoms with E-state index in [2.05, 4.69) is 56.5 Å². The number of aliphatic hydroxyl groups is 1. The van der Waals surface area contributed by atoms with Gasteiger partial charge in [-0.1, -0.05) is 20.8 Å². The quantitative estimate of drug-likeness (QED) is 0.571. The second kappa shape index (κ2) is 6.34. The highest BCUT2D eigenvalue weighted by Crippen LogP contribution is 2.37. The molecule has 1 aromatic rings. The van der Waals surface area contributed by atoms with Crippen LogP contribution in [0.1, 0.15) is 38.2 Å². The Kier molecular flexibility index (Phi) is 5.86. The molecule has 18 heavy (non-hydrogen) atoms. The third kappa shape index (κ3) is 4.30. The fourth-order valence-electron chi connectivity index (χ4n) is 1.32. The average Bonchev–Trinajstić information content (AvgIpc) is 2.62. The molecule has 0 aliphatic carbocycles. The van der Waals surface area contributed by atoms with Crippen molar-refractivity contribution in [2.24, 2.45) is 0 Å². The first-order chi connectivity index (χ1) is 8.15. The molecule has 1 rings (SSSR count). The minimum atomic E-state index is -1.68. The lowest BCUT2D eigenvalue weighted by Crippen LogP contribution is -2.41. The van der Waals surface area contributed by atoms with Gasteiger partial charge < -0.3 is 9.53 Å². The van der Waals surface area contributed by atoms with Gasteiger partial charge in [0.25, 0.3) is 0 Å². The van der Waals surface area contributed by atoms with Crippen LogP contribution in [-0.4, -0.2) is 20.0 Å². The van der Waals surface area contributed by atoms with E-state index in [4.69, 9.17) is 4.43 Å². The first kappa shape index (κ1) is 16.6. The van der Waals surface area contributed by atoms with Crippen molar-refractivity contribution in [3.8, 4) is 0 Å². The highest BCUT2D eigenvalue weighted by atomic mass is 127. The van der Waals surface area contributed by atoms with Crippen LogP contribution in [-0.2, 0) is 4.43 Å². The third-order valence-corrected chi connectivity index (χ3v) is 10.5. The summed E-state index contributed by atoms with van der Waals surface area (Å²) in [7, 11) is -1.68. The molecule has 0 aromatic carbocycles. The summed E-state index contributed by atoms with van der Waals surface area (Å²) < 4.78 is 7.23. The molecule has 0 saturated carbocycles. The van der Waals surface area contributed by atoms with Crippen molar-refractivity contribution in [2.45, 2.75) is 51.4 Å². The topological polar surface area (TPSA) is 29.5 Å². The normalized spacial score (nSPS) is 14.8. The zero-order chi connectivity index (χ0) is 14.0. The van der Waals surface area contributed by atoms with Gasteiger partial charge >= 0.3 is 0 Å². The van der Waals surface area contributed by atoms with Gasteiger partial charge in [-0.2, -0.15) is 0 Å². The molecule has 1 atom stereocenters. The summed E-state index contributed by atoms with van der Waals surface area (Å²) in [6, 6.07) is 2.04. The molecule has 2 nitrogen and oxygen atoms in total. The summed E-state index contributed by atoms with van der Waals surface area (Å²) in [5, 5.41) is 12.4. The van der Waals surface area contributed by atoms with E-state index in [1.54, 1.807) is 11.3 Å². The number of halogens is 1. The molecule has 5 heteroatoms. The SMILES string of the molecule is CC(C)(C)[Si](C)(C)OCCC(O)c1sccc1I. The van der Waals surface area contributed by atoms with Crippen LogP contribution in [0.5, 0.6) is 0 Å². The van der Waals surface area contributed by atoms with Crippen molar-refractivity contribution in [2.75, 3.05) is 6.61 Å². The van der Waals surface area contributed by atoms with Crippen LogP contribution in [0, 0.1) is 3.57 Å². The molecule has 104 valence electrons. The lowest BCUT2D eigenvalue weighted by atomic mass is 10.2. The van der Waals surface area contributed by atoms with E-state index in [0.717, 1.165) is 8.45 Å². The zero-order valence-corrected chi connectivity index (χ0v) is 15.8. The van der Waals surface area contributed by atoms with Crippen LogP contribution in [0.4, 0.5) is 0 Å². The molecule has 1 N–H and O–H groups in total. The van der Waals surface area contributed by atoms with E-state index in [-0.39, 0.29) is 11.1 Å². The van der Waals surface area contributed by atoms with Crippen molar-refractivity contribution in [1.29, 1.82) is 0 Å². The number of hydrogen-bond acceptors (Lipinski definition) is 3. The summed E-state index contributed by atoms with van der Waals surface area (Å²) in [5.74, 6) is 0. The number of rotatable bonds is 5. The summed E-state index contributed by atoms with van der Waals surface area (Å²) in [6.45, 7) is 11.8. The van der Waals surface area contributed by atoms with Crippen LogP contribution in [0.25, 0.3) is 0 Å². The molecular weight excluding hydrogens is 375 g/mol. The summed E-state index contributed by atoms with van der Waals surface area (Å²) in [4.78, 5) is 1.06. The Balaban J connectivity index is 2.46. The van der Waals surface area contributed by atoms with Crippen LogP contribution in [0.3, 0.4) is 0 Å². The number of thiophene rings is 1. The Morgan fingerprint density at radius 3 is 2.50 bits per heavy atom. The van der Waals surface area contributed by atoms with Crippen molar-refractivity contribution in [3.63, 3.8) is 0 Å². The third-order valence-electron chi connectivity index (χ3n) is 3.61. The van der Waals surface area contributed by atoms with Crippen LogP contribution in [0.15, 0.2) is 11.4 Å². The fraction of sp³-hybridized carbons (Fsp3) is 0.692. The molecule has 0 fully saturated rings. The molecule has 0 radical (unpaired) electrons. The van der Waals surface area contributed by atoms with Crippen molar-refractivity contribution in [3.05, 3.63) is 19.9 Å². The fourth-order valence-corrected chi connectivity index (χ4v) is 4.35. The van der Waals surface area contributed by atoms with E-state index in [1.807, 2.05) is 11.4 Å². The monoisotopic (exact) mass is 398 g/mol. The molecule has 0 aliphatic heterocycles. The second-order valence-electron chi connectivity index (χ2n) is 6.05. The van der Waals surface area contributed by atoms with E-state index in [9.17, 15) is 5.11 Å². The zero-order valence-electron chi connectivity index (χ0n) is 11.8. The predicted octanol–water partition coefficient (Wildman–Crippen LogP) is 4.80. The smallest absolute Gasteiger partial charge is 0.191 e. The highest BCUT2D eigenvalue weighted by molar-refractivity contribution is 14.1. The van der Waals surface area contributed by atoms with Gasteiger partial charge in [-0.05, 0) is 52.2 Å². The molecule has 1 heterocycles. The van der Waals surface area contributed by atoms with Crippen LogP contribution >= 0.6 is 33.9 Å². The molecule has 0 aliphatic rings. The lowest BCUT2D eigenvalue weighted by Gasteiger charge is -2.36. The predicted molar refractivity (Wildman–Crippen MR) is 89.8 cm³/mol. The second-order valence-corrected chi connectivity index (χ2v) is 13.0. The number of aliphatic hydroxyl groups excluding tert-OH is 1. The minimum Gasteiger partial charge on any atom is -0.417 e. The average molecular weight is 398 g/mol. The Labute approximate surface area is 129 Å². The first-order valence-electron chi connectivity index (χ1n) is 6.20. The highest BCUT2D eigenvalue weighted by Gasteiger charge is 2.37. The standard InChI is InChI=1S/C13H23IO2SSi/c1-13(2,3)18(4,5)16-8-6-11(15)12-10(14)7-9-17-12/h7,9,11,15H,6,8H2,1-5H3. The maximum Gasteiger partial charge on any atom is 0.191 e. The van der Waals surface area contributed by atoms with Crippen LogP contribution < -0.4 is 0 Å². The van der Waals surface area contributed by atoms with Gasteiger partial charge in [-0.3, -0.25) is 0 Å². The van der Waals surface area contributed by atoms with Gasteiger partial charge in [-0.15, -0.1) is 11.3 Å². The first-order valence-corrected chi connectivity index (χ1v) is 11.1. The van der Waals surface area contributed by atoms with Gasteiger partial charge in [0.2, 0.25) is 0 Å². The van der Waals surface area contributed by atoms with Crippen molar-refractivity contribution < 1.29 is 9.53 Å². The van der Waals surface area contributed by atoms with Gasteiger partial charge in [0.05, 0.1) is 6.10 Å². The Morgan fingerprint density at radius 2 is 2.06 bits per heavy atom. The minimum absolute atomic E-state index is 0.231. The van der Waals surface area contributed by atoms with Gasteiger partial charge in [-0.25, -0.2) is 0 Å². The van der Waals surface area contributed by atoms with Gasteiger partial charge in [0.15, 0.2) is 8.32 Å². The van der Waals surface area contributed by atoms with Crippen LogP contribution in [0.2, 0.25) is 18.1 Å². The molecule has 0 bridgehead atoms. The molecule has 0 spiro atoms. The Bertz CT molecular complexity index is 385. The largest absolute Gasteiger partial charge is 0.417 e. The van der Waals surface area contributed by atoms with E-state index in [1.165, 1.54) is 0 Å². The van der Waals surface area contributed by atoms with Crippen molar-refractivity contribution in [1.82, 2.24) is 0 Å². The molecule has 1 aromatic heterocycles. The van der Waals surface area contributed by atoms with E-state index < -0.39 is 8.32 Å². The van der Waals surface area contributed by atoms with Gasteiger partial charge in [0.1, 0.15) is 0 Å². The lowest BCUT2D eigenvalue weighted by molar-refractivity contribution is 0.139. The Morgan fingerprint density at radius 1 is 1.44 bits per heavy atom. The summed E-state index contributed by atoms with van der Waals surface area (Å²) in [5.41, 5.74) is 0.